The van der Waals surface area contributed by atoms with E-state index in [-0.39, 0.29) is 28.6 Å². The predicted octanol–water partition coefficient (Wildman–Crippen LogP) is 2.31. The van der Waals surface area contributed by atoms with E-state index in [4.69, 9.17) is 0 Å². The van der Waals surface area contributed by atoms with E-state index >= 15 is 0 Å². The van der Waals surface area contributed by atoms with Crippen molar-refractivity contribution in [2.24, 2.45) is 0 Å². The van der Waals surface area contributed by atoms with E-state index in [9.17, 15) is 13.2 Å². The summed E-state index contributed by atoms with van der Waals surface area (Å²) in [5.41, 5.74) is 0.894. The molecule has 1 aromatic heterocycles. The van der Waals surface area contributed by atoms with Gasteiger partial charge in [0.25, 0.3) is 15.9 Å². The van der Waals surface area contributed by atoms with E-state index < -0.39 is 10.0 Å². The fraction of sp³-hybridized carbons (Fsp3) is 0.267. The number of thiophene rings is 1. The van der Waals surface area contributed by atoms with E-state index in [0.717, 1.165) is 11.3 Å². The van der Waals surface area contributed by atoms with Gasteiger partial charge in [0.2, 0.25) is 0 Å². The number of likely N-dealkylation sites (N-methyl/N-ethyl adjacent to an activating group) is 1. The summed E-state index contributed by atoms with van der Waals surface area (Å²) in [5.74, 6) is -0.195. The van der Waals surface area contributed by atoms with Gasteiger partial charge in [-0.2, -0.15) is 0 Å². The summed E-state index contributed by atoms with van der Waals surface area (Å²) in [4.78, 5) is 12.0. The summed E-state index contributed by atoms with van der Waals surface area (Å²) in [5, 5.41) is 7.53. The Bertz CT molecular complexity index is 747. The van der Waals surface area contributed by atoms with Crippen molar-refractivity contribution >= 4 is 45.4 Å². The lowest BCUT2D eigenvalue weighted by Gasteiger charge is -2.12. The average molecular weight is 390 g/mol. The fourth-order valence-corrected chi connectivity index (χ4v) is 3.81. The van der Waals surface area contributed by atoms with Crippen LogP contribution in [0.4, 0.5) is 5.69 Å². The molecule has 1 unspecified atom stereocenters. The van der Waals surface area contributed by atoms with Gasteiger partial charge in [0.1, 0.15) is 4.21 Å². The molecule has 0 radical (unpaired) electrons. The second kappa shape index (κ2) is 9.03. The highest BCUT2D eigenvalue weighted by molar-refractivity contribution is 7.94. The molecule has 0 spiro atoms. The maximum absolute atomic E-state index is 12.1. The number of rotatable bonds is 7. The van der Waals surface area contributed by atoms with Crippen LogP contribution in [0.3, 0.4) is 0 Å². The summed E-state index contributed by atoms with van der Waals surface area (Å²) in [6, 6.07) is 9.72. The molecule has 0 saturated heterocycles. The summed E-state index contributed by atoms with van der Waals surface area (Å²) in [7, 11) is -1.74. The lowest BCUT2D eigenvalue weighted by molar-refractivity contribution is 0.0950. The third kappa shape index (κ3) is 5.48. The molecule has 0 saturated carbocycles. The van der Waals surface area contributed by atoms with Crippen molar-refractivity contribution in [1.82, 2.24) is 10.6 Å². The number of hydrogen-bond donors (Lipinski definition) is 3. The zero-order valence-corrected chi connectivity index (χ0v) is 15.7. The Morgan fingerprint density at radius 1 is 1.21 bits per heavy atom. The van der Waals surface area contributed by atoms with Gasteiger partial charge in [0.15, 0.2) is 0 Å². The van der Waals surface area contributed by atoms with Crippen molar-refractivity contribution in [2.45, 2.75) is 17.2 Å². The molecule has 0 bridgehead atoms. The normalized spacial score (nSPS) is 12.1. The molecule has 9 heteroatoms. The smallest absolute Gasteiger partial charge is 0.271 e. The van der Waals surface area contributed by atoms with Gasteiger partial charge in [-0.05, 0) is 49.7 Å². The quantitative estimate of drug-likeness (QED) is 0.678. The molecule has 1 amide bonds. The van der Waals surface area contributed by atoms with Gasteiger partial charge in [0, 0.05) is 23.8 Å². The standard InChI is InChI=1S/C15H19N3O3S2.ClH/c1-11(16-2)10-17-15(19)12-5-7-13(8-6-12)18-23(20,21)14-4-3-9-22-14;/h3-9,11,16,18H,10H2,1-2H3,(H,17,19);1H. The third-order valence-corrected chi connectivity index (χ3v) is 6.00. The summed E-state index contributed by atoms with van der Waals surface area (Å²) < 4.78 is 26.9. The molecule has 0 aliphatic heterocycles. The van der Waals surface area contributed by atoms with Crippen LogP contribution in [0.15, 0.2) is 46.0 Å². The number of sulfonamides is 1. The molecule has 0 aliphatic carbocycles. The van der Waals surface area contributed by atoms with E-state index in [1.165, 1.54) is 6.07 Å². The second-order valence-electron chi connectivity index (χ2n) is 5.01. The van der Waals surface area contributed by atoms with Crippen LogP contribution >= 0.6 is 23.7 Å². The van der Waals surface area contributed by atoms with Gasteiger partial charge in [-0.15, -0.1) is 23.7 Å². The fourth-order valence-electron chi connectivity index (χ4n) is 1.76. The Morgan fingerprint density at radius 2 is 1.88 bits per heavy atom. The van der Waals surface area contributed by atoms with Gasteiger partial charge in [-0.25, -0.2) is 8.42 Å². The minimum atomic E-state index is -3.57. The van der Waals surface area contributed by atoms with Crippen LogP contribution in [-0.4, -0.2) is 34.0 Å². The summed E-state index contributed by atoms with van der Waals surface area (Å²) >= 11 is 1.15. The number of anilines is 1. The highest BCUT2D eigenvalue weighted by atomic mass is 35.5. The molecule has 132 valence electrons. The first-order valence-electron chi connectivity index (χ1n) is 7.04. The van der Waals surface area contributed by atoms with Crippen molar-refractivity contribution in [3.8, 4) is 0 Å². The van der Waals surface area contributed by atoms with Crippen LogP contribution in [0.1, 0.15) is 17.3 Å². The van der Waals surface area contributed by atoms with Crippen LogP contribution in [0.25, 0.3) is 0 Å². The van der Waals surface area contributed by atoms with Crippen LogP contribution < -0.4 is 15.4 Å². The number of halogens is 1. The minimum absolute atomic E-state index is 0. The van der Waals surface area contributed by atoms with Crippen molar-refractivity contribution in [3.63, 3.8) is 0 Å². The Morgan fingerprint density at radius 3 is 2.42 bits per heavy atom. The Labute approximate surface area is 152 Å². The molecule has 2 aromatic rings. The first kappa shape index (κ1) is 20.4. The van der Waals surface area contributed by atoms with Crippen molar-refractivity contribution in [1.29, 1.82) is 0 Å². The molecule has 0 aliphatic rings. The lowest BCUT2D eigenvalue weighted by Crippen LogP contribution is -2.37. The van der Waals surface area contributed by atoms with Crippen molar-refractivity contribution < 1.29 is 13.2 Å². The lowest BCUT2D eigenvalue weighted by atomic mass is 10.2. The maximum Gasteiger partial charge on any atom is 0.271 e. The Hall–Kier alpha value is -1.61. The average Bonchev–Trinajstić information content (AvgIpc) is 3.08. The van der Waals surface area contributed by atoms with Crippen LogP contribution in [0, 0.1) is 0 Å². The van der Waals surface area contributed by atoms with E-state index in [2.05, 4.69) is 15.4 Å². The van der Waals surface area contributed by atoms with Gasteiger partial charge in [-0.3, -0.25) is 9.52 Å². The molecule has 6 nitrogen and oxygen atoms in total. The molecule has 2 rings (SSSR count). The SMILES string of the molecule is CNC(C)CNC(=O)c1ccc(NS(=O)(=O)c2cccs2)cc1.Cl. The molecule has 1 heterocycles. The van der Waals surface area contributed by atoms with Gasteiger partial charge < -0.3 is 10.6 Å². The van der Waals surface area contributed by atoms with Gasteiger partial charge in [-0.1, -0.05) is 6.07 Å². The van der Waals surface area contributed by atoms with Gasteiger partial charge >= 0.3 is 0 Å². The van der Waals surface area contributed by atoms with Crippen molar-refractivity contribution in [3.05, 3.63) is 47.3 Å². The first-order valence-corrected chi connectivity index (χ1v) is 9.40. The number of hydrogen-bond acceptors (Lipinski definition) is 5. The second-order valence-corrected chi connectivity index (χ2v) is 7.87. The Balaban J connectivity index is 0.00000288. The number of carbonyl (C=O) groups is 1. The monoisotopic (exact) mass is 389 g/mol. The number of benzene rings is 1. The van der Waals surface area contributed by atoms with Crippen molar-refractivity contribution in [2.75, 3.05) is 18.3 Å². The minimum Gasteiger partial charge on any atom is -0.350 e. The van der Waals surface area contributed by atoms with Gasteiger partial charge in [0.05, 0.1) is 0 Å². The maximum atomic E-state index is 12.1. The predicted molar refractivity (Wildman–Crippen MR) is 99.7 cm³/mol. The van der Waals surface area contributed by atoms with Crippen LogP contribution in [0.2, 0.25) is 0 Å². The summed E-state index contributed by atoms with van der Waals surface area (Å²) in [6.07, 6.45) is 0. The van der Waals surface area contributed by atoms with E-state index in [1.54, 1.807) is 35.7 Å². The summed E-state index contributed by atoms with van der Waals surface area (Å²) in [6.45, 7) is 2.48. The highest BCUT2D eigenvalue weighted by Crippen LogP contribution is 2.20. The molecule has 1 aromatic carbocycles. The molecule has 0 fully saturated rings. The molecular formula is C15H20ClN3O3S2. The number of carbonyl (C=O) groups excluding carboxylic acids is 1. The zero-order chi connectivity index (χ0) is 16.9. The molecule has 1 atom stereocenters. The third-order valence-electron chi connectivity index (χ3n) is 3.22. The topological polar surface area (TPSA) is 87.3 Å². The van der Waals surface area contributed by atoms with E-state index in [1.807, 2.05) is 14.0 Å². The number of nitrogens with one attached hydrogen (secondary N) is 3. The largest absolute Gasteiger partial charge is 0.350 e. The molecular weight excluding hydrogens is 370 g/mol. The van der Waals surface area contributed by atoms with E-state index in [0.29, 0.717) is 17.8 Å². The Kier molecular flexibility index (Phi) is 7.68. The molecule has 24 heavy (non-hydrogen) atoms. The van der Waals surface area contributed by atoms with Crippen LogP contribution in [0.5, 0.6) is 0 Å². The zero-order valence-electron chi connectivity index (χ0n) is 13.3. The number of amides is 1. The molecule has 3 N–H and O–H groups in total. The first-order chi connectivity index (χ1) is 10.9. The van der Waals surface area contributed by atoms with Crippen LogP contribution in [-0.2, 0) is 10.0 Å². The highest BCUT2D eigenvalue weighted by Gasteiger charge is 2.15.